The Morgan fingerprint density at radius 3 is 2.41 bits per heavy atom. The summed E-state index contributed by atoms with van der Waals surface area (Å²) in [6, 6.07) is 22.8. The molecule has 11 nitrogen and oxygen atoms in total. The van der Waals surface area contributed by atoms with Gasteiger partial charge in [0.1, 0.15) is 29.3 Å². The van der Waals surface area contributed by atoms with E-state index in [0.29, 0.717) is 40.4 Å². The predicted octanol–water partition coefficient (Wildman–Crippen LogP) is 5.51. The van der Waals surface area contributed by atoms with Gasteiger partial charge >= 0.3 is 0 Å². The van der Waals surface area contributed by atoms with Crippen molar-refractivity contribution in [2.75, 3.05) is 19.3 Å². The molecular formula is C30H27N7O4. The minimum atomic E-state index is -0.466. The van der Waals surface area contributed by atoms with E-state index < -0.39 is 4.92 Å². The lowest BCUT2D eigenvalue weighted by Gasteiger charge is -2.21. The first kappa shape index (κ1) is 27.0. The molecule has 1 amide bonds. The van der Waals surface area contributed by atoms with Crippen LogP contribution in [0, 0.1) is 10.1 Å². The quantitative estimate of drug-likeness (QED) is 0.144. The highest BCUT2D eigenvalue weighted by Gasteiger charge is 2.21. The van der Waals surface area contributed by atoms with Gasteiger partial charge in [-0.15, -0.1) is 0 Å². The second kappa shape index (κ2) is 11.7. The number of nitrogens with two attached hydrogens (primary N) is 1. The summed E-state index contributed by atoms with van der Waals surface area (Å²) < 4.78 is 7.66. The van der Waals surface area contributed by atoms with Crippen molar-refractivity contribution < 1.29 is 14.5 Å². The van der Waals surface area contributed by atoms with E-state index in [1.807, 2.05) is 61.5 Å². The van der Waals surface area contributed by atoms with E-state index in [1.54, 1.807) is 34.8 Å². The van der Waals surface area contributed by atoms with Crippen LogP contribution in [0.3, 0.4) is 0 Å². The van der Waals surface area contributed by atoms with Gasteiger partial charge in [0.05, 0.1) is 16.4 Å². The number of likely N-dealkylation sites (N-methyl/N-ethyl adjacent to an activating group) is 1. The number of ether oxygens (including phenoxy) is 1. The number of benzene rings is 3. The number of non-ortho nitro benzene ring substituents is 1. The van der Waals surface area contributed by atoms with Crippen molar-refractivity contribution >= 4 is 34.5 Å². The third kappa shape index (κ3) is 6.04. The molecule has 1 unspecified atom stereocenters. The molecule has 0 fully saturated rings. The minimum absolute atomic E-state index is 0.00820. The molecule has 0 spiro atoms. The zero-order valence-electron chi connectivity index (χ0n) is 22.4. The first-order valence-corrected chi connectivity index (χ1v) is 12.8. The lowest BCUT2D eigenvalue weighted by atomic mass is 10.1. The summed E-state index contributed by atoms with van der Waals surface area (Å²) in [4.78, 5) is 33.4. The van der Waals surface area contributed by atoms with E-state index in [1.165, 1.54) is 24.5 Å². The SMILES string of the molecule is CC(CN(C)C(=O)C=Cc1ccc([N+](=O)[O-])cc1)n1nc(-c2ccc(Oc3ccccc3)cc2)c2c(N)ncnc21. The maximum Gasteiger partial charge on any atom is 0.269 e. The fourth-order valence-electron chi connectivity index (χ4n) is 4.38. The van der Waals surface area contributed by atoms with Gasteiger partial charge < -0.3 is 15.4 Å². The highest BCUT2D eigenvalue weighted by molar-refractivity contribution is 5.98. The van der Waals surface area contributed by atoms with Gasteiger partial charge in [-0.3, -0.25) is 14.9 Å². The van der Waals surface area contributed by atoms with Crippen molar-refractivity contribution in [2.24, 2.45) is 0 Å². The van der Waals surface area contributed by atoms with Crippen LogP contribution in [0.1, 0.15) is 18.5 Å². The summed E-state index contributed by atoms with van der Waals surface area (Å²) in [5, 5.41) is 16.3. The first-order chi connectivity index (χ1) is 19.8. The van der Waals surface area contributed by atoms with E-state index in [9.17, 15) is 14.9 Å². The molecule has 2 aromatic heterocycles. The van der Waals surface area contributed by atoms with Gasteiger partial charge in [0, 0.05) is 37.4 Å². The Hall–Kier alpha value is -5.58. The molecule has 1 atom stereocenters. The lowest BCUT2D eigenvalue weighted by molar-refractivity contribution is -0.384. The van der Waals surface area contributed by atoms with Gasteiger partial charge in [-0.2, -0.15) is 5.10 Å². The summed E-state index contributed by atoms with van der Waals surface area (Å²) in [6.07, 6.45) is 4.44. The fourth-order valence-corrected chi connectivity index (χ4v) is 4.38. The average molecular weight is 550 g/mol. The Balaban J connectivity index is 1.34. The van der Waals surface area contributed by atoms with E-state index in [0.717, 1.165) is 11.3 Å². The molecule has 0 aliphatic carbocycles. The fraction of sp³-hybridized carbons (Fsp3) is 0.133. The van der Waals surface area contributed by atoms with Gasteiger partial charge in [-0.25, -0.2) is 14.6 Å². The monoisotopic (exact) mass is 549 g/mol. The molecule has 0 bridgehead atoms. The standard InChI is InChI=1S/C30H27N7O4/c1-20(18-35(2)26(38)17-10-21-8-13-23(14-9-21)37(39)40)36-30-27(29(31)32-19-33-30)28(34-36)22-11-15-25(16-12-22)41-24-6-4-3-5-7-24/h3-17,19-20H,18H2,1-2H3,(H2,31,32,33). The number of rotatable bonds is 9. The second-order valence-corrected chi connectivity index (χ2v) is 9.44. The highest BCUT2D eigenvalue weighted by Crippen LogP contribution is 2.33. The van der Waals surface area contributed by atoms with Crippen molar-refractivity contribution in [3.05, 3.63) is 107 Å². The largest absolute Gasteiger partial charge is 0.457 e. The molecular weight excluding hydrogens is 522 g/mol. The Morgan fingerprint density at radius 1 is 1.05 bits per heavy atom. The molecule has 0 aliphatic heterocycles. The molecule has 5 aromatic rings. The smallest absolute Gasteiger partial charge is 0.269 e. The van der Waals surface area contributed by atoms with Gasteiger partial charge in [0.2, 0.25) is 5.91 Å². The summed E-state index contributed by atoms with van der Waals surface area (Å²) in [6.45, 7) is 2.28. The number of para-hydroxylation sites is 1. The van der Waals surface area contributed by atoms with Crippen molar-refractivity contribution in [2.45, 2.75) is 13.0 Å². The van der Waals surface area contributed by atoms with Crippen LogP contribution in [0.2, 0.25) is 0 Å². The Kier molecular flexibility index (Phi) is 7.68. The molecule has 0 saturated carbocycles. The minimum Gasteiger partial charge on any atom is -0.457 e. The molecule has 0 aliphatic rings. The summed E-state index contributed by atoms with van der Waals surface area (Å²) in [5.41, 5.74) is 8.95. The number of nitro groups is 1. The van der Waals surface area contributed by atoms with E-state index >= 15 is 0 Å². The molecule has 0 radical (unpaired) electrons. The lowest BCUT2D eigenvalue weighted by Crippen LogP contribution is -2.31. The number of carbonyl (C=O) groups is 1. The number of carbonyl (C=O) groups excluding carboxylic acids is 1. The van der Waals surface area contributed by atoms with Crippen molar-refractivity contribution in [1.82, 2.24) is 24.6 Å². The van der Waals surface area contributed by atoms with E-state index in [-0.39, 0.29) is 17.6 Å². The first-order valence-electron chi connectivity index (χ1n) is 12.8. The molecule has 41 heavy (non-hydrogen) atoms. The Bertz CT molecular complexity index is 1720. The molecule has 3 aromatic carbocycles. The van der Waals surface area contributed by atoms with Crippen molar-refractivity contribution in [1.29, 1.82) is 0 Å². The number of aromatic nitrogens is 4. The molecule has 0 saturated heterocycles. The number of fused-ring (bicyclic) bond motifs is 1. The summed E-state index contributed by atoms with van der Waals surface area (Å²) in [5.74, 6) is 1.50. The van der Waals surface area contributed by atoms with Gasteiger partial charge in [0.15, 0.2) is 5.65 Å². The van der Waals surface area contributed by atoms with Crippen LogP contribution in [0.4, 0.5) is 11.5 Å². The number of nitrogen functional groups attached to an aromatic ring is 1. The van der Waals surface area contributed by atoms with Crippen molar-refractivity contribution in [3.63, 3.8) is 0 Å². The van der Waals surface area contributed by atoms with Crippen molar-refractivity contribution in [3.8, 4) is 22.8 Å². The normalized spacial score (nSPS) is 12.0. The van der Waals surface area contributed by atoms with E-state index in [4.69, 9.17) is 15.6 Å². The Labute approximate surface area is 235 Å². The van der Waals surface area contributed by atoms with Crippen LogP contribution in [0.5, 0.6) is 11.5 Å². The Morgan fingerprint density at radius 2 is 1.73 bits per heavy atom. The highest BCUT2D eigenvalue weighted by atomic mass is 16.6. The van der Waals surface area contributed by atoms with Gasteiger partial charge in [-0.05, 0) is 67.1 Å². The zero-order chi connectivity index (χ0) is 28.9. The molecule has 5 rings (SSSR count). The van der Waals surface area contributed by atoms with Crippen LogP contribution in [-0.2, 0) is 4.79 Å². The number of amides is 1. The number of anilines is 1. The third-order valence-electron chi connectivity index (χ3n) is 6.48. The van der Waals surface area contributed by atoms with E-state index in [2.05, 4.69) is 9.97 Å². The molecule has 206 valence electrons. The topological polar surface area (TPSA) is 142 Å². The van der Waals surface area contributed by atoms with Gasteiger partial charge in [-0.1, -0.05) is 18.2 Å². The van der Waals surface area contributed by atoms with Gasteiger partial charge in [0.25, 0.3) is 5.69 Å². The molecule has 11 heteroatoms. The maximum absolute atomic E-state index is 12.8. The van der Waals surface area contributed by atoms with Crippen LogP contribution in [0.25, 0.3) is 28.4 Å². The number of hydrogen-bond donors (Lipinski definition) is 1. The molecule has 2 N–H and O–H groups in total. The van der Waals surface area contributed by atoms with Crippen LogP contribution in [-0.4, -0.2) is 49.1 Å². The summed E-state index contributed by atoms with van der Waals surface area (Å²) >= 11 is 0. The maximum atomic E-state index is 12.8. The summed E-state index contributed by atoms with van der Waals surface area (Å²) in [7, 11) is 1.69. The number of nitro benzene ring substituents is 1. The van der Waals surface area contributed by atoms with Crippen LogP contribution >= 0.6 is 0 Å². The third-order valence-corrected chi connectivity index (χ3v) is 6.48. The van der Waals surface area contributed by atoms with Crippen LogP contribution < -0.4 is 10.5 Å². The number of hydrogen-bond acceptors (Lipinski definition) is 8. The number of nitrogens with zero attached hydrogens (tertiary/aromatic N) is 6. The average Bonchev–Trinajstić information content (AvgIpc) is 3.38. The van der Waals surface area contributed by atoms with Crippen LogP contribution in [0.15, 0.2) is 91.3 Å². The second-order valence-electron chi connectivity index (χ2n) is 9.44. The zero-order valence-corrected chi connectivity index (χ0v) is 22.4. The molecule has 2 heterocycles. The predicted molar refractivity (Wildman–Crippen MR) is 156 cm³/mol.